The number of hydrogen-bond donors (Lipinski definition) is 0. The number of amides is 1. The van der Waals surface area contributed by atoms with Gasteiger partial charge in [-0.2, -0.15) is 5.10 Å². The fraction of sp³-hybridized carbons (Fsp3) is 0.167. The molecule has 0 bridgehead atoms. The molecule has 0 N–H and O–H groups in total. The Hall–Kier alpha value is -3.85. The van der Waals surface area contributed by atoms with Gasteiger partial charge in [0.1, 0.15) is 5.75 Å². The molecular formula is C24H20N4O4S. The molecule has 1 atom stereocenters. The first-order chi connectivity index (χ1) is 16.2. The molecule has 3 heterocycles. The van der Waals surface area contributed by atoms with Crippen LogP contribution in [-0.4, -0.2) is 39.7 Å². The normalized spacial score (nSPS) is 15.5. The van der Waals surface area contributed by atoms with E-state index in [0.29, 0.717) is 17.4 Å². The number of hydrazone groups is 1. The van der Waals surface area contributed by atoms with Crippen LogP contribution in [0.5, 0.6) is 5.75 Å². The summed E-state index contributed by atoms with van der Waals surface area (Å²) in [7, 11) is 1.63. The number of thioether (sulfide) groups is 1. The Morgan fingerprint density at radius 1 is 1.09 bits per heavy atom. The predicted octanol–water partition coefficient (Wildman–Crippen LogP) is 4.81. The van der Waals surface area contributed by atoms with E-state index in [9.17, 15) is 4.79 Å². The zero-order valence-corrected chi connectivity index (χ0v) is 18.6. The van der Waals surface area contributed by atoms with Gasteiger partial charge in [0.05, 0.1) is 30.9 Å². The van der Waals surface area contributed by atoms with Crippen LogP contribution >= 0.6 is 11.8 Å². The zero-order chi connectivity index (χ0) is 22.6. The van der Waals surface area contributed by atoms with E-state index in [1.165, 1.54) is 18.0 Å². The second-order valence-corrected chi connectivity index (χ2v) is 8.21. The molecule has 0 radical (unpaired) electrons. The summed E-state index contributed by atoms with van der Waals surface area (Å²) in [6.45, 7) is 0. The maximum absolute atomic E-state index is 13.2. The van der Waals surface area contributed by atoms with Gasteiger partial charge in [0, 0.05) is 6.42 Å². The van der Waals surface area contributed by atoms with E-state index in [1.807, 2.05) is 54.6 Å². The van der Waals surface area contributed by atoms with E-state index in [4.69, 9.17) is 18.7 Å². The number of carbonyl (C=O) groups is 1. The van der Waals surface area contributed by atoms with Crippen LogP contribution in [0.3, 0.4) is 0 Å². The number of carbonyl (C=O) groups excluding carboxylic acids is 1. The number of furan rings is 1. The molecule has 8 nitrogen and oxygen atoms in total. The molecule has 33 heavy (non-hydrogen) atoms. The molecular weight excluding hydrogens is 440 g/mol. The van der Waals surface area contributed by atoms with Crippen molar-refractivity contribution >= 4 is 23.4 Å². The third-order valence-electron chi connectivity index (χ3n) is 5.23. The minimum absolute atomic E-state index is 0.109. The van der Waals surface area contributed by atoms with Crippen molar-refractivity contribution in [2.24, 2.45) is 5.10 Å². The summed E-state index contributed by atoms with van der Waals surface area (Å²) < 4.78 is 16.1. The zero-order valence-electron chi connectivity index (χ0n) is 17.7. The van der Waals surface area contributed by atoms with Crippen molar-refractivity contribution in [2.75, 3.05) is 12.9 Å². The number of nitrogens with zero attached hydrogens (tertiary/aromatic N) is 4. The molecule has 1 aliphatic heterocycles. The van der Waals surface area contributed by atoms with Crippen molar-refractivity contribution in [1.29, 1.82) is 0 Å². The smallest absolute Gasteiger partial charge is 0.284 e. The molecule has 1 aliphatic rings. The van der Waals surface area contributed by atoms with Crippen molar-refractivity contribution in [3.8, 4) is 17.4 Å². The lowest BCUT2D eigenvalue weighted by Crippen LogP contribution is -2.28. The molecule has 1 unspecified atom stereocenters. The quantitative estimate of drug-likeness (QED) is 0.365. The van der Waals surface area contributed by atoms with Gasteiger partial charge < -0.3 is 13.6 Å². The minimum Gasteiger partial charge on any atom is -0.497 e. The minimum atomic E-state index is -0.208. The predicted molar refractivity (Wildman–Crippen MR) is 123 cm³/mol. The molecule has 2 aromatic carbocycles. The summed E-state index contributed by atoms with van der Waals surface area (Å²) in [5.41, 5.74) is 2.85. The highest BCUT2D eigenvalue weighted by Gasteiger charge is 2.33. The third-order valence-corrected chi connectivity index (χ3v) is 6.03. The molecule has 0 saturated heterocycles. The highest BCUT2D eigenvalue weighted by Crippen LogP contribution is 2.34. The van der Waals surface area contributed by atoms with Gasteiger partial charge in [-0.3, -0.25) is 4.79 Å². The number of rotatable bonds is 7. The number of methoxy groups -OCH3 is 1. The van der Waals surface area contributed by atoms with Gasteiger partial charge in [0.2, 0.25) is 0 Å². The van der Waals surface area contributed by atoms with Crippen LogP contribution in [0.2, 0.25) is 0 Å². The molecule has 0 spiro atoms. The second-order valence-electron chi connectivity index (χ2n) is 7.28. The van der Waals surface area contributed by atoms with Crippen LogP contribution in [0, 0.1) is 0 Å². The fourth-order valence-electron chi connectivity index (χ4n) is 3.59. The van der Waals surface area contributed by atoms with Crippen molar-refractivity contribution in [1.82, 2.24) is 15.2 Å². The van der Waals surface area contributed by atoms with Crippen molar-refractivity contribution in [3.05, 3.63) is 84.1 Å². The molecule has 166 valence electrons. The van der Waals surface area contributed by atoms with Gasteiger partial charge in [-0.25, -0.2) is 5.01 Å². The standard InChI is InChI=1S/C24H20N4O4S/c1-30-18-11-9-17(10-12-18)20-14-19(16-6-3-2-4-7-16)27-28(20)22(29)15-33-24-26-25-23(32-24)21-8-5-13-31-21/h2-13,20H,14-15H2,1H3. The number of ether oxygens (including phenoxy) is 1. The van der Waals surface area contributed by atoms with Gasteiger partial charge in [0.25, 0.3) is 17.0 Å². The second kappa shape index (κ2) is 9.33. The van der Waals surface area contributed by atoms with Gasteiger partial charge in [-0.1, -0.05) is 54.2 Å². The van der Waals surface area contributed by atoms with E-state index >= 15 is 0 Å². The van der Waals surface area contributed by atoms with Crippen LogP contribution in [0.25, 0.3) is 11.7 Å². The van der Waals surface area contributed by atoms with Crippen LogP contribution in [0.15, 0.2) is 92.2 Å². The summed E-state index contributed by atoms with van der Waals surface area (Å²) in [5.74, 6) is 1.48. The molecule has 0 saturated carbocycles. The first-order valence-corrected chi connectivity index (χ1v) is 11.3. The lowest BCUT2D eigenvalue weighted by molar-refractivity contribution is -0.130. The monoisotopic (exact) mass is 460 g/mol. The summed E-state index contributed by atoms with van der Waals surface area (Å²) in [6.07, 6.45) is 2.15. The maximum atomic E-state index is 13.2. The van der Waals surface area contributed by atoms with E-state index in [1.54, 1.807) is 24.3 Å². The van der Waals surface area contributed by atoms with Gasteiger partial charge in [-0.15, -0.1) is 10.2 Å². The molecule has 2 aromatic heterocycles. The topological polar surface area (TPSA) is 94.0 Å². The van der Waals surface area contributed by atoms with Crippen LogP contribution in [-0.2, 0) is 4.79 Å². The van der Waals surface area contributed by atoms with Crippen molar-refractivity contribution in [2.45, 2.75) is 17.7 Å². The first-order valence-electron chi connectivity index (χ1n) is 10.3. The third kappa shape index (κ3) is 4.54. The fourth-order valence-corrected chi connectivity index (χ4v) is 4.20. The Balaban J connectivity index is 1.34. The number of benzene rings is 2. The lowest BCUT2D eigenvalue weighted by atomic mass is 9.98. The Bertz CT molecular complexity index is 1250. The SMILES string of the molecule is COc1ccc(C2CC(c3ccccc3)=NN2C(=O)CSc2nnc(-c3ccco3)o2)cc1. The Morgan fingerprint density at radius 2 is 1.91 bits per heavy atom. The van der Waals surface area contributed by atoms with Crippen LogP contribution in [0.1, 0.15) is 23.6 Å². The summed E-state index contributed by atoms with van der Waals surface area (Å²) >= 11 is 1.17. The summed E-state index contributed by atoms with van der Waals surface area (Å²) in [6, 6.07) is 20.9. The Labute approximate surface area is 194 Å². The lowest BCUT2D eigenvalue weighted by Gasteiger charge is -2.22. The van der Waals surface area contributed by atoms with E-state index in [0.717, 1.165) is 22.6 Å². The molecule has 9 heteroatoms. The molecule has 1 amide bonds. The molecule has 0 aliphatic carbocycles. The van der Waals surface area contributed by atoms with Crippen molar-refractivity contribution in [3.63, 3.8) is 0 Å². The van der Waals surface area contributed by atoms with Gasteiger partial charge in [0.15, 0.2) is 5.76 Å². The van der Waals surface area contributed by atoms with E-state index < -0.39 is 0 Å². The average molecular weight is 461 g/mol. The molecule has 5 rings (SSSR count). The Morgan fingerprint density at radius 3 is 2.64 bits per heavy atom. The Kier molecular flexibility index (Phi) is 5.95. The molecule has 0 fully saturated rings. The van der Waals surface area contributed by atoms with E-state index in [-0.39, 0.29) is 23.6 Å². The number of hydrogen-bond acceptors (Lipinski definition) is 8. The average Bonchev–Trinajstić information content (AvgIpc) is 3.64. The van der Waals surface area contributed by atoms with Gasteiger partial charge >= 0.3 is 0 Å². The van der Waals surface area contributed by atoms with E-state index in [2.05, 4.69) is 10.2 Å². The molecule has 4 aromatic rings. The summed E-state index contributed by atoms with van der Waals surface area (Å²) in [4.78, 5) is 13.2. The van der Waals surface area contributed by atoms with Crippen LogP contribution < -0.4 is 4.74 Å². The first kappa shape index (κ1) is 21.0. The summed E-state index contributed by atoms with van der Waals surface area (Å²) in [5, 5.41) is 14.5. The maximum Gasteiger partial charge on any atom is 0.284 e. The largest absolute Gasteiger partial charge is 0.497 e. The highest BCUT2D eigenvalue weighted by atomic mass is 32.2. The van der Waals surface area contributed by atoms with Crippen LogP contribution in [0.4, 0.5) is 0 Å². The van der Waals surface area contributed by atoms with Gasteiger partial charge in [-0.05, 0) is 35.4 Å². The number of aromatic nitrogens is 2. The highest BCUT2D eigenvalue weighted by molar-refractivity contribution is 7.99. The van der Waals surface area contributed by atoms with Crippen molar-refractivity contribution < 1.29 is 18.4 Å².